The Morgan fingerprint density at radius 1 is 0.398 bits per heavy atom. The Balaban J connectivity index is 0.000000102. The van der Waals surface area contributed by atoms with E-state index in [4.69, 9.17) is 9.60 Å². The standard InChI is InChI=1S/C18H12NS.C18H14N.C17H10NS.C12H11N2.C12H10N.C11H8N.Ir/c1-2-7-16-13(5-1)14-9-8-12-11-19-10-4-3-6-15(19)17(12)18(14)20-16;1-2-6-14(7-3-1)15-9-10-16-13-19-11-5-4-8-18(19)17(16)12-15;1-2-10-16-12(6-1)13-7-5-8-14(17(13)19-16)15-9-3-4-11-18-15;1-9-6-7-14-8-10-4-2-3-5-11(10)12(14)13-9;1-2-6-11-10(5-1)9-13-8-4-3-7-12(11)13;1-2-6-10(7-3-1)11-8-4-5-9-12-11;/h1-10H,11H2;1-12H,13H2;1-7,9-11H;2-7H,8H2,1H3;1-8H,9H2;1-6,8-9H;/q2*+1;-1;2*+1;-1;/i;;;;1D,2D,3D,4D,5D,6D,7D;;. The van der Waals surface area contributed by atoms with Crippen LogP contribution in [0.25, 0.3) is 119 Å². The summed E-state index contributed by atoms with van der Waals surface area (Å²) in [6.45, 7) is 5.16. The summed E-state index contributed by atoms with van der Waals surface area (Å²) in [7, 11) is 0. The van der Waals surface area contributed by atoms with E-state index in [-0.39, 0.29) is 80.2 Å². The summed E-state index contributed by atoms with van der Waals surface area (Å²) < 4.78 is 68.3. The van der Waals surface area contributed by atoms with Crippen molar-refractivity contribution >= 4 is 63.0 Å². The van der Waals surface area contributed by atoms with Gasteiger partial charge in [0.2, 0.25) is 17.1 Å². The Labute approximate surface area is 602 Å². The number of benzene rings is 9. The van der Waals surface area contributed by atoms with E-state index in [1.54, 1.807) is 10.8 Å². The zero-order chi connectivity index (χ0) is 71.0. The molecule has 0 saturated heterocycles. The fourth-order valence-electron chi connectivity index (χ4n) is 13.0. The van der Waals surface area contributed by atoms with Crippen LogP contribution in [-0.2, 0) is 46.3 Å². The summed E-state index contributed by atoms with van der Waals surface area (Å²) in [6.07, 6.45) is 11.4. The van der Waals surface area contributed by atoms with Gasteiger partial charge in [-0.05, 0) is 98.2 Å². The first-order chi connectivity index (χ1) is 50.9. The fraction of sp³-hybridized carbons (Fsp3) is 0.0568. The van der Waals surface area contributed by atoms with Gasteiger partial charge >= 0.3 is 5.82 Å². The summed E-state index contributed by atoms with van der Waals surface area (Å²) in [5, 5.41) is 5.38. The van der Waals surface area contributed by atoms with Crippen LogP contribution in [-0.4, -0.2) is 15.0 Å². The molecular weight excluding hydrogens is 1410 g/mol. The van der Waals surface area contributed by atoms with Crippen molar-refractivity contribution in [2.75, 3.05) is 0 Å². The van der Waals surface area contributed by atoms with Gasteiger partial charge in [0.25, 0.3) is 0 Å². The van der Waals surface area contributed by atoms with E-state index >= 15 is 0 Å². The summed E-state index contributed by atoms with van der Waals surface area (Å²) in [5.41, 5.74) is 19.7. The molecule has 4 aliphatic rings. The molecule has 10 heteroatoms. The van der Waals surface area contributed by atoms with Gasteiger partial charge in [0, 0.05) is 129 Å². The number of aryl methyl sites for hydroxylation is 1. The molecule has 21 rings (SSSR count). The molecule has 8 aromatic heterocycles. The molecule has 0 bridgehead atoms. The molecule has 0 atom stereocenters. The monoisotopic (exact) mass is 1480 g/mol. The van der Waals surface area contributed by atoms with Crippen LogP contribution < -0.4 is 18.3 Å². The smallest absolute Gasteiger partial charge is 0.305 e. The first-order valence-corrected chi connectivity index (χ1v) is 33.8. The molecule has 0 spiro atoms. The molecule has 0 fully saturated rings. The Bertz CT molecular complexity index is 6090. The topological polar surface area (TPSA) is 54.2 Å². The fourth-order valence-corrected chi connectivity index (χ4v) is 15.5. The molecular formula is C88H65IrN7S2+2. The van der Waals surface area contributed by atoms with Gasteiger partial charge in [0.15, 0.2) is 43.9 Å². The molecule has 12 heterocycles. The number of hydrogen-bond acceptors (Lipinski definition) is 5. The zero-order valence-electron chi connectivity index (χ0n) is 60.2. The molecule has 0 aliphatic carbocycles. The molecule has 471 valence electrons. The minimum atomic E-state index is -0.344. The van der Waals surface area contributed by atoms with Crippen LogP contribution in [0.3, 0.4) is 0 Å². The Hall–Kier alpha value is -11.1. The van der Waals surface area contributed by atoms with Crippen LogP contribution in [0.5, 0.6) is 0 Å². The second-order valence-electron chi connectivity index (χ2n) is 23.7. The van der Waals surface area contributed by atoms with Crippen molar-refractivity contribution in [3.8, 4) is 78.8 Å². The number of nitrogens with zero attached hydrogens (tertiary/aromatic N) is 7. The van der Waals surface area contributed by atoms with Crippen molar-refractivity contribution < 1.29 is 48.0 Å². The summed E-state index contributed by atoms with van der Waals surface area (Å²) in [5.74, 6) is 1.10. The maximum Gasteiger partial charge on any atom is 0.331 e. The predicted molar refractivity (Wildman–Crippen MR) is 395 cm³/mol. The van der Waals surface area contributed by atoms with Crippen molar-refractivity contribution in [2.45, 2.75) is 33.1 Å². The van der Waals surface area contributed by atoms with Gasteiger partial charge in [-0.1, -0.05) is 157 Å². The first-order valence-electron chi connectivity index (χ1n) is 35.7. The van der Waals surface area contributed by atoms with Crippen molar-refractivity contribution in [3.63, 3.8) is 0 Å². The average Bonchev–Trinajstić information content (AvgIpc) is 1.59. The van der Waals surface area contributed by atoms with E-state index in [9.17, 15) is 0 Å². The molecule has 17 aromatic rings. The maximum absolute atomic E-state index is 7.97. The third-order valence-electron chi connectivity index (χ3n) is 17.6. The van der Waals surface area contributed by atoms with Gasteiger partial charge in [-0.25, -0.2) is 4.57 Å². The van der Waals surface area contributed by atoms with Crippen LogP contribution in [0.2, 0.25) is 0 Å². The quantitative estimate of drug-likeness (QED) is 0.131. The van der Waals surface area contributed by atoms with Crippen molar-refractivity contribution in [3.05, 3.63) is 368 Å². The van der Waals surface area contributed by atoms with Crippen LogP contribution >= 0.6 is 22.7 Å². The molecule has 0 N–H and O–H groups in total. The molecule has 4 aliphatic heterocycles. The third-order valence-corrected chi connectivity index (χ3v) is 20.0. The number of hydrogen-bond donors (Lipinski definition) is 0. The van der Waals surface area contributed by atoms with Gasteiger partial charge in [-0.3, -0.25) is 0 Å². The first kappa shape index (κ1) is 55.1. The van der Waals surface area contributed by atoms with E-state index in [0.29, 0.717) is 5.56 Å². The van der Waals surface area contributed by atoms with Gasteiger partial charge < -0.3 is 9.97 Å². The minimum absolute atomic E-state index is 0. The minimum Gasteiger partial charge on any atom is -0.305 e. The van der Waals surface area contributed by atoms with Crippen molar-refractivity contribution in [1.82, 2.24) is 15.0 Å². The van der Waals surface area contributed by atoms with E-state index in [0.717, 1.165) is 53.7 Å². The number of rotatable bonds is 3. The molecule has 7 nitrogen and oxygen atoms in total. The average molecular weight is 1480 g/mol. The normalized spacial score (nSPS) is 12.7. The third kappa shape index (κ3) is 12.9. The van der Waals surface area contributed by atoms with E-state index < -0.39 is 0 Å². The maximum atomic E-state index is 7.97. The SMILES string of the molecule is Cc1cc[n+]2c(n1)-c1ccccc1C2.[2H]c1c[n+]2c(c([2H])c1[2H])-c1c([2H])c([2H])c([2H])c([2H])c1C2.[Ir].[c-]1ccc2c(sc3ccccc32)c1-c1ccccn1.[c-]1ccccc1-c1ccccn1.c1cc[n+]2c(c1)-c1c(ccc3c1sc1ccccc13)C2.c1ccc(-c2ccc3c(c2)-c2cccc[n+]2C3)cc1. The van der Waals surface area contributed by atoms with Crippen LogP contribution in [0.15, 0.2) is 328 Å². The Morgan fingerprint density at radius 2 is 1.02 bits per heavy atom. The van der Waals surface area contributed by atoms with Crippen LogP contribution in [0.4, 0.5) is 0 Å². The number of pyridine rings is 5. The Morgan fingerprint density at radius 3 is 1.81 bits per heavy atom. The van der Waals surface area contributed by atoms with Crippen molar-refractivity contribution in [1.29, 1.82) is 0 Å². The molecule has 0 unspecified atom stereocenters. The van der Waals surface area contributed by atoms with Gasteiger partial charge in [0.05, 0.1) is 38.0 Å². The summed E-state index contributed by atoms with van der Waals surface area (Å²) in [6, 6.07) is 91.3. The molecule has 98 heavy (non-hydrogen) atoms. The van der Waals surface area contributed by atoms with Gasteiger partial charge in [0.1, 0.15) is 6.54 Å². The molecule has 9 aromatic carbocycles. The number of fused-ring (bicyclic) bond motifs is 19. The number of thiophene rings is 2. The second kappa shape index (κ2) is 28.7. The molecule has 1 radical (unpaired) electrons. The largest absolute Gasteiger partial charge is 0.331 e. The summed E-state index contributed by atoms with van der Waals surface area (Å²) >= 11 is 3.73. The van der Waals surface area contributed by atoms with Crippen LogP contribution in [0, 0.1) is 19.1 Å². The van der Waals surface area contributed by atoms with Gasteiger partial charge in [-0.15, -0.1) is 71.0 Å². The zero-order valence-corrected chi connectivity index (χ0v) is 57.3. The van der Waals surface area contributed by atoms with Gasteiger partial charge in [-0.2, -0.15) is 25.0 Å². The van der Waals surface area contributed by atoms with Crippen molar-refractivity contribution in [2.24, 2.45) is 0 Å². The van der Waals surface area contributed by atoms with E-state index in [2.05, 4.69) is 241 Å². The Kier molecular flexibility index (Phi) is 16.1. The van der Waals surface area contributed by atoms with E-state index in [1.165, 1.54) is 102 Å². The van der Waals surface area contributed by atoms with E-state index in [1.807, 2.05) is 103 Å². The summed E-state index contributed by atoms with van der Waals surface area (Å²) in [4.78, 5) is 13.2. The van der Waals surface area contributed by atoms with Crippen LogP contribution in [0.1, 0.15) is 37.5 Å². The number of aromatic nitrogens is 7. The molecule has 0 amide bonds. The second-order valence-corrected chi connectivity index (χ2v) is 25.8. The predicted octanol–water partition coefficient (Wildman–Crippen LogP) is 19.2. The molecule has 0 saturated carbocycles.